The number of aromatic nitrogens is 1. The number of amides is 1. The first-order chi connectivity index (χ1) is 11.0. The summed E-state index contributed by atoms with van der Waals surface area (Å²) in [5.74, 6) is -1.07. The van der Waals surface area contributed by atoms with Crippen molar-refractivity contribution in [1.82, 2.24) is 10.3 Å². The van der Waals surface area contributed by atoms with Gasteiger partial charge >= 0.3 is 5.97 Å². The number of carbonyl (C=O) groups excluding carboxylic acids is 2. The van der Waals surface area contributed by atoms with E-state index in [1.165, 1.54) is 12.3 Å². The highest BCUT2D eigenvalue weighted by Crippen LogP contribution is 2.25. The zero-order valence-corrected chi connectivity index (χ0v) is 13.8. The molecular formula is C16H14Cl2N2O3. The molecule has 1 amide bonds. The molecule has 0 fully saturated rings. The molecule has 2 aromatic rings. The quantitative estimate of drug-likeness (QED) is 0.837. The van der Waals surface area contributed by atoms with Gasteiger partial charge in [-0.25, -0.2) is 9.78 Å². The number of halogens is 2. The number of esters is 1. The maximum absolute atomic E-state index is 11.8. The van der Waals surface area contributed by atoms with Crippen molar-refractivity contribution in [1.29, 1.82) is 0 Å². The predicted molar refractivity (Wildman–Crippen MR) is 87.5 cm³/mol. The second-order valence-electron chi connectivity index (χ2n) is 4.75. The Morgan fingerprint density at radius 1 is 1.22 bits per heavy atom. The highest BCUT2D eigenvalue weighted by molar-refractivity contribution is 6.42. The fourth-order valence-electron chi connectivity index (χ4n) is 1.84. The van der Waals surface area contributed by atoms with E-state index in [1.807, 2.05) is 0 Å². The molecule has 0 aliphatic rings. The van der Waals surface area contributed by atoms with Crippen LogP contribution in [0.5, 0.6) is 0 Å². The molecule has 2 rings (SSSR count). The molecule has 1 heterocycles. The molecule has 1 N–H and O–H groups in total. The minimum atomic E-state index is -0.650. The van der Waals surface area contributed by atoms with Gasteiger partial charge in [0, 0.05) is 6.20 Å². The van der Waals surface area contributed by atoms with E-state index in [1.54, 1.807) is 37.3 Å². The SMILES string of the molecule is CC(NC(=O)COC(=O)c1ccccn1)c1ccc(Cl)c(Cl)c1. The lowest BCUT2D eigenvalue weighted by Gasteiger charge is -2.15. The molecule has 0 saturated carbocycles. The number of pyridine rings is 1. The second kappa shape index (κ2) is 7.94. The Balaban J connectivity index is 1.87. The summed E-state index contributed by atoms with van der Waals surface area (Å²) >= 11 is 11.8. The molecule has 1 aromatic carbocycles. The van der Waals surface area contributed by atoms with E-state index >= 15 is 0 Å². The lowest BCUT2D eigenvalue weighted by Crippen LogP contribution is -2.31. The Hall–Kier alpha value is -2.11. The largest absolute Gasteiger partial charge is 0.451 e. The third-order valence-corrected chi connectivity index (χ3v) is 3.77. The lowest BCUT2D eigenvalue weighted by atomic mass is 10.1. The van der Waals surface area contributed by atoms with Crippen LogP contribution in [0, 0.1) is 0 Å². The van der Waals surface area contributed by atoms with Gasteiger partial charge in [-0.15, -0.1) is 0 Å². The molecule has 0 aliphatic heterocycles. The molecule has 0 radical (unpaired) electrons. The van der Waals surface area contributed by atoms with Gasteiger partial charge < -0.3 is 10.1 Å². The zero-order chi connectivity index (χ0) is 16.8. The van der Waals surface area contributed by atoms with Crippen molar-refractivity contribution in [2.75, 3.05) is 6.61 Å². The average Bonchev–Trinajstić information content (AvgIpc) is 2.55. The summed E-state index contributed by atoms with van der Waals surface area (Å²) < 4.78 is 4.91. The van der Waals surface area contributed by atoms with Crippen molar-refractivity contribution < 1.29 is 14.3 Å². The normalized spacial score (nSPS) is 11.6. The van der Waals surface area contributed by atoms with Gasteiger partial charge in [-0.05, 0) is 36.8 Å². The highest BCUT2D eigenvalue weighted by atomic mass is 35.5. The van der Waals surface area contributed by atoms with Crippen molar-refractivity contribution in [2.45, 2.75) is 13.0 Å². The number of ether oxygens (including phenoxy) is 1. The maximum atomic E-state index is 11.8. The number of rotatable bonds is 5. The highest BCUT2D eigenvalue weighted by Gasteiger charge is 2.14. The van der Waals surface area contributed by atoms with Gasteiger partial charge in [-0.2, -0.15) is 0 Å². The molecule has 1 unspecified atom stereocenters. The van der Waals surface area contributed by atoms with Crippen molar-refractivity contribution >= 4 is 35.1 Å². The van der Waals surface area contributed by atoms with Crippen LogP contribution in [0.15, 0.2) is 42.6 Å². The second-order valence-corrected chi connectivity index (χ2v) is 5.57. The van der Waals surface area contributed by atoms with Gasteiger partial charge in [0.2, 0.25) is 0 Å². The van der Waals surface area contributed by atoms with Crippen LogP contribution in [0.25, 0.3) is 0 Å². The third-order valence-electron chi connectivity index (χ3n) is 3.03. The number of benzene rings is 1. The molecule has 0 aliphatic carbocycles. The Labute approximate surface area is 143 Å². The van der Waals surface area contributed by atoms with Gasteiger partial charge in [0.1, 0.15) is 5.69 Å². The van der Waals surface area contributed by atoms with E-state index in [0.717, 1.165) is 5.56 Å². The monoisotopic (exact) mass is 352 g/mol. The van der Waals surface area contributed by atoms with Gasteiger partial charge in [0.05, 0.1) is 16.1 Å². The molecule has 120 valence electrons. The fraction of sp³-hybridized carbons (Fsp3) is 0.188. The number of nitrogens with one attached hydrogen (secondary N) is 1. The van der Waals surface area contributed by atoms with Gasteiger partial charge in [-0.3, -0.25) is 4.79 Å². The zero-order valence-electron chi connectivity index (χ0n) is 12.3. The molecule has 1 aromatic heterocycles. The Morgan fingerprint density at radius 2 is 2.00 bits per heavy atom. The van der Waals surface area contributed by atoms with E-state index in [-0.39, 0.29) is 18.3 Å². The van der Waals surface area contributed by atoms with Gasteiger partial charge in [0.25, 0.3) is 5.91 Å². The topological polar surface area (TPSA) is 68.3 Å². The van der Waals surface area contributed by atoms with Crippen LogP contribution in [0.1, 0.15) is 29.0 Å². The molecular weight excluding hydrogens is 339 g/mol. The number of hydrogen-bond donors (Lipinski definition) is 1. The smallest absolute Gasteiger partial charge is 0.357 e. The predicted octanol–water partition coefficient (Wildman–Crippen LogP) is 3.42. The molecule has 0 bridgehead atoms. The summed E-state index contributed by atoms with van der Waals surface area (Å²) in [5, 5.41) is 3.56. The van der Waals surface area contributed by atoms with E-state index in [2.05, 4.69) is 10.3 Å². The van der Waals surface area contributed by atoms with Gasteiger partial charge in [0.15, 0.2) is 6.61 Å². The van der Waals surface area contributed by atoms with Crippen molar-refractivity contribution in [3.63, 3.8) is 0 Å². The molecule has 0 spiro atoms. The van der Waals surface area contributed by atoms with E-state index < -0.39 is 11.9 Å². The summed E-state index contributed by atoms with van der Waals surface area (Å²) in [6.07, 6.45) is 1.48. The van der Waals surface area contributed by atoms with Crippen LogP contribution in [0.4, 0.5) is 0 Å². The average molecular weight is 353 g/mol. The van der Waals surface area contributed by atoms with E-state index in [4.69, 9.17) is 27.9 Å². The summed E-state index contributed by atoms with van der Waals surface area (Å²) in [6, 6.07) is 9.65. The molecule has 0 saturated heterocycles. The third kappa shape index (κ3) is 4.94. The number of carbonyl (C=O) groups is 2. The van der Waals surface area contributed by atoms with Crippen LogP contribution in [0.3, 0.4) is 0 Å². The minimum Gasteiger partial charge on any atom is -0.451 e. The van der Waals surface area contributed by atoms with E-state index in [9.17, 15) is 9.59 Å². The van der Waals surface area contributed by atoms with Crippen LogP contribution >= 0.6 is 23.2 Å². The summed E-state index contributed by atoms with van der Waals surface area (Å²) in [4.78, 5) is 27.4. The summed E-state index contributed by atoms with van der Waals surface area (Å²) in [6.45, 7) is 1.40. The van der Waals surface area contributed by atoms with Crippen LogP contribution in [0.2, 0.25) is 10.0 Å². The number of nitrogens with zero attached hydrogens (tertiary/aromatic N) is 1. The first kappa shape index (κ1) is 17.2. The Kier molecular flexibility index (Phi) is 5.96. The summed E-state index contributed by atoms with van der Waals surface area (Å²) in [5.41, 5.74) is 0.946. The van der Waals surface area contributed by atoms with Crippen molar-refractivity contribution in [2.24, 2.45) is 0 Å². The standard InChI is InChI=1S/C16H14Cl2N2O3/c1-10(11-5-6-12(17)13(18)8-11)20-15(21)9-23-16(22)14-4-2-3-7-19-14/h2-8,10H,9H2,1H3,(H,20,21). The first-order valence-electron chi connectivity index (χ1n) is 6.80. The lowest BCUT2D eigenvalue weighted by molar-refractivity contribution is -0.124. The first-order valence-corrected chi connectivity index (χ1v) is 7.55. The molecule has 23 heavy (non-hydrogen) atoms. The van der Waals surface area contributed by atoms with E-state index in [0.29, 0.717) is 10.0 Å². The Bertz CT molecular complexity index is 708. The Morgan fingerprint density at radius 3 is 2.65 bits per heavy atom. The van der Waals surface area contributed by atoms with Crippen molar-refractivity contribution in [3.05, 3.63) is 63.9 Å². The maximum Gasteiger partial charge on any atom is 0.357 e. The number of hydrogen-bond acceptors (Lipinski definition) is 4. The van der Waals surface area contributed by atoms with Crippen molar-refractivity contribution in [3.8, 4) is 0 Å². The molecule has 7 heteroatoms. The van der Waals surface area contributed by atoms with Crippen LogP contribution < -0.4 is 5.32 Å². The van der Waals surface area contributed by atoms with Crippen LogP contribution in [-0.2, 0) is 9.53 Å². The summed E-state index contributed by atoms with van der Waals surface area (Å²) in [7, 11) is 0. The van der Waals surface area contributed by atoms with Gasteiger partial charge in [-0.1, -0.05) is 35.3 Å². The minimum absolute atomic E-state index is 0.151. The molecule has 5 nitrogen and oxygen atoms in total. The van der Waals surface area contributed by atoms with Crippen LogP contribution in [-0.4, -0.2) is 23.5 Å². The fourth-order valence-corrected chi connectivity index (χ4v) is 2.14. The molecule has 1 atom stereocenters.